The van der Waals surface area contributed by atoms with Gasteiger partial charge in [0.1, 0.15) is 0 Å². The molecule has 1 aromatic rings. The fourth-order valence-corrected chi connectivity index (χ4v) is 1.54. The summed E-state index contributed by atoms with van der Waals surface area (Å²) < 4.78 is 0. The molecule has 1 aromatic carbocycles. The van der Waals surface area contributed by atoms with Crippen molar-refractivity contribution in [3.05, 3.63) is 35.9 Å². The Morgan fingerprint density at radius 1 is 1.15 bits per heavy atom. The SMILES string of the molecule is c1ccc(CNCCC2CC2)cc1. The first-order chi connectivity index (χ1) is 6.45. The highest BCUT2D eigenvalue weighted by atomic mass is 14.8. The second-order valence-corrected chi connectivity index (χ2v) is 3.89. The zero-order chi connectivity index (χ0) is 8.93. The van der Waals surface area contributed by atoms with Crippen LogP contribution in [0.25, 0.3) is 0 Å². The molecule has 0 amide bonds. The van der Waals surface area contributed by atoms with Gasteiger partial charge in [-0.25, -0.2) is 0 Å². The minimum absolute atomic E-state index is 1.02. The van der Waals surface area contributed by atoms with Crippen molar-refractivity contribution < 1.29 is 0 Å². The van der Waals surface area contributed by atoms with E-state index in [2.05, 4.69) is 35.6 Å². The van der Waals surface area contributed by atoms with Gasteiger partial charge in [0.2, 0.25) is 0 Å². The zero-order valence-electron chi connectivity index (χ0n) is 8.00. The van der Waals surface area contributed by atoms with E-state index in [1.54, 1.807) is 0 Å². The maximum atomic E-state index is 3.47. The lowest BCUT2D eigenvalue weighted by Gasteiger charge is -2.03. The highest BCUT2D eigenvalue weighted by Crippen LogP contribution is 2.31. The molecule has 0 aliphatic heterocycles. The van der Waals surface area contributed by atoms with Crippen LogP contribution in [-0.4, -0.2) is 6.54 Å². The summed E-state index contributed by atoms with van der Waals surface area (Å²) in [7, 11) is 0. The monoisotopic (exact) mass is 175 g/mol. The molecular formula is C12H17N. The van der Waals surface area contributed by atoms with E-state index in [0.29, 0.717) is 0 Å². The number of rotatable bonds is 5. The Balaban J connectivity index is 1.61. The maximum absolute atomic E-state index is 3.47. The number of hydrogen-bond acceptors (Lipinski definition) is 1. The van der Waals surface area contributed by atoms with Crippen LogP contribution in [0.5, 0.6) is 0 Å². The van der Waals surface area contributed by atoms with Crippen LogP contribution >= 0.6 is 0 Å². The molecule has 0 atom stereocenters. The van der Waals surface area contributed by atoms with Gasteiger partial charge in [-0.3, -0.25) is 0 Å². The summed E-state index contributed by atoms with van der Waals surface area (Å²) >= 11 is 0. The molecular weight excluding hydrogens is 158 g/mol. The molecule has 70 valence electrons. The van der Waals surface area contributed by atoms with E-state index >= 15 is 0 Å². The molecule has 1 aliphatic carbocycles. The number of hydrogen-bond donors (Lipinski definition) is 1. The zero-order valence-corrected chi connectivity index (χ0v) is 8.00. The van der Waals surface area contributed by atoms with Crippen molar-refractivity contribution in [3.8, 4) is 0 Å². The van der Waals surface area contributed by atoms with Crippen molar-refractivity contribution in [2.45, 2.75) is 25.8 Å². The molecule has 0 spiro atoms. The average Bonchev–Trinajstić information content (AvgIpc) is 2.98. The van der Waals surface area contributed by atoms with Gasteiger partial charge in [-0.1, -0.05) is 43.2 Å². The van der Waals surface area contributed by atoms with Gasteiger partial charge in [-0.05, 0) is 24.4 Å². The quantitative estimate of drug-likeness (QED) is 0.678. The molecule has 1 heteroatoms. The number of nitrogens with one attached hydrogen (secondary N) is 1. The van der Waals surface area contributed by atoms with Crippen molar-refractivity contribution >= 4 is 0 Å². The van der Waals surface area contributed by atoms with Gasteiger partial charge in [0.15, 0.2) is 0 Å². The summed E-state index contributed by atoms with van der Waals surface area (Å²) in [6.45, 7) is 2.20. The molecule has 0 saturated heterocycles. The van der Waals surface area contributed by atoms with Crippen LogP contribution in [0, 0.1) is 5.92 Å². The van der Waals surface area contributed by atoms with E-state index < -0.39 is 0 Å². The highest BCUT2D eigenvalue weighted by Gasteiger charge is 2.19. The van der Waals surface area contributed by atoms with Crippen LogP contribution in [0.4, 0.5) is 0 Å². The summed E-state index contributed by atoms with van der Waals surface area (Å²) in [6, 6.07) is 10.6. The highest BCUT2D eigenvalue weighted by molar-refractivity contribution is 5.14. The maximum Gasteiger partial charge on any atom is 0.0205 e. The van der Waals surface area contributed by atoms with E-state index in [-0.39, 0.29) is 0 Å². The molecule has 1 fully saturated rings. The molecule has 0 heterocycles. The minimum atomic E-state index is 1.02. The van der Waals surface area contributed by atoms with Crippen molar-refractivity contribution in [3.63, 3.8) is 0 Å². The molecule has 2 rings (SSSR count). The molecule has 0 radical (unpaired) electrons. The smallest absolute Gasteiger partial charge is 0.0205 e. The topological polar surface area (TPSA) is 12.0 Å². The van der Waals surface area contributed by atoms with Crippen molar-refractivity contribution in [1.29, 1.82) is 0 Å². The largest absolute Gasteiger partial charge is 0.313 e. The van der Waals surface area contributed by atoms with E-state index in [0.717, 1.165) is 12.5 Å². The average molecular weight is 175 g/mol. The van der Waals surface area contributed by atoms with E-state index in [4.69, 9.17) is 0 Å². The van der Waals surface area contributed by atoms with Crippen molar-refractivity contribution in [2.24, 2.45) is 5.92 Å². The van der Waals surface area contributed by atoms with Gasteiger partial charge < -0.3 is 5.32 Å². The predicted molar refractivity (Wildman–Crippen MR) is 55.5 cm³/mol. The van der Waals surface area contributed by atoms with Gasteiger partial charge in [0.25, 0.3) is 0 Å². The molecule has 1 aliphatic rings. The fraction of sp³-hybridized carbons (Fsp3) is 0.500. The molecule has 13 heavy (non-hydrogen) atoms. The van der Waals surface area contributed by atoms with E-state index in [1.165, 1.54) is 31.4 Å². The molecule has 1 nitrogen and oxygen atoms in total. The van der Waals surface area contributed by atoms with E-state index in [1.807, 2.05) is 0 Å². The van der Waals surface area contributed by atoms with Crippen LogP contribution in [-0.2, 0) is 6.54 Å². The first kappa shape index (κ1) is 8.76. The summed E-state index contributed by atoms with van der Waals surface area (Å²) in [5.74, 6) is 1.04. The first-order valence-electron chi connectivity index (χ1n) is 5.20. The Bertz CT molecular complexity index is 239. The summed E-state index contributed by atoms with van der Waals surface area (Å²) in [5.41, 5.74) is 1.39. The minimum Gasteiger partial charge on any atom is -0.313 e. The summed E-state index contributed by atoms with van der Waals surface area (Å²) in [4.78, 5) is 0. The Morgan fingerprint density at radius 3 is 2.62 bits per heavy atom. The van der Waals surface area contributed by atoms with Gasteiger partial charge in [0, 0.05) is 6.54 Å². The second kappa shape index (κ2) is 4.43. The van der Waals surface area contributed by atoms with Crippen LogP contribution in [0.2, 0.25) is 0 Å². The predicted octanol–water partition coefficient (Wildman–Crippen LogP) is 2.58. The van der Waals surface area contributed by atoms with Gasteiger partial charge >= 0.3 is 0 Å². The first-order valence-corrected chi connectivity index (χ1v) is 5.20. The van der Waals surface area contributed by atoms with Gasteiger partial charge in [-0.2, -0.15) is 0 Å². The fourth-order valence-electron chi connectivity index (χ4n) is 1.54. The summed E-state index contributed by atoms with van der Waals surface area (Å²) in [6.07, 6.45) is 4.30. The molecule has 0 unspecified atom stereocenters. The Kier molecular flexibility index (Phi) is 2.98. The third-order valence-corrected chi connectivity index (χ3v) is 2.60. The van der Waals surface area contributed by atoms with Gasteiger partial charge in [-0.15, -0.1) is 0 Å². The molecule has 0 aromatic heterocycles. The standard InChI is InChI=1S/C12H17N/c1-2-4-12(5-3-1)10-13-9-8-11-6-7-11/h1-5,11,13H,6-10H2. The van der Waals surface area contributed by atoms with Crippen molar-refractivity contribution in [1.82, 2.24) is 5.32 Å². The Morgan fingerprint density at radius 2 is 1.92 bits per heavy atom. The van der Waals surface area contributed by atoms with Crippen LogP contribution in [0.3, 0.4) is 0 Å². The lowest BCUT2D eigenvalue weighted by Crippen LogP contribution is -2.14. The lowest BCUT2D eigenvalue weighted by atomic mass is 10.2. The third kappa shape index (κ3) is 3.19. The van der Waals surface area contributed by atoms with Crippen molar-refractivity contribution in [2.75, 3.05) is 6.54 Å². The molecule has 1 N–H and O–H groups in total. The third-order valence-electron chi connectivity index (χ3n) is 2.60. The summed E-state index contributed by atoms with van der Waals surface area (Å²) in [5, 5.41) is 3.47. The van der Waals surface area contributed by atoms with Gasteiger partial charge in [0.05, 0.1) is 0 Å². The van der Waals surface area contributed by atoms with E-state index in [9.17, 15) is 0 Å². The molecule has 0 bridgehead atoms. The number of benzene rings is 1. The van der Waals surface area contributed by atoms with Crippen LogP contribution in [0.15, 0.2) is 30.3 Å². The normalized spacial score (nSPS) is 16.0. The Hall–Kier alpha value is -0.820. The van der Waals surface area contributed by atoms with Crippen LogP contribution < -0.4 is 5.32 Å². The van der Waals surface area contributed by atoms with Crippen LogP contribution in [0.1, 0.15) is 24.8 Å². The lowest BCUT2D eigenvalue weighted by molar-refractivity contribution is 0.613. The second-order valence-electron chi connectivity index (χ2n) is 3.89. The Labute approximate surface area is 80.2 Å². The molecule has 1 saturated carbocycles.